The van der Waals surface area contributed by atoms with Crippen LogP contribution in [0.4, 0.5) is 17.1 Å². The van der Waals surface area contributed by atoms with E-state index in [0.717, 1.165) is 17.1 Å². The van der Waals surface area contributed by atoms with E-state index in [1.54, 1.807) is 0 Å². The fraction of sp³-hybridized carbons (Fsp3) is 0. The Hall–Kier alpha value is -6.44. The van der Waals surface area contributed by atoms with Crippen LogP contribution in [-0.4, -0.2) is 0 Å². The maximum absolute atomic E-state index is 2.43. The molecule has 0 unspecified atom stereocenters. The number of hydrogen-bond acceptors (Lipinski definition) is 1. The van der Waals surface area contributed by atoms with Gasteiger partial charge in [-0.15, -0.1) is 0 Å². The van der Waals surface area contributed by atoms with Gasteiger partial charge in [0, 0.05) is 16.8 Å². The zero-order chi connectivity index (χ0) is 32.6. The molecule has 0 saturated carbocycles. The number of rotatable bonds is 6. The van der Waals surface area contributed by atoms with Crippen LogP contribution in [0.2, 0.25) is 0 Å². The van der Waals surface area contributed by atoms with Gasteiger partial charge >= 0.3 is 0 Å². The van der Waals surface area contributed by atoms with Gasteiger partial charge in [0.25, 0.3) is 0 Å². The Labute approximate surface area is 287 Å². The molecule has 49 heavy (non-hydrogen) atoms. The highest BCUT2D eigenvalue weighted by Crippen LogP contribution is 2.43. The fourth-order valence-electron chi connectivity index (χ4n) is 7.18. The molecule has 0 heterocycles. The summed E-state index contributed by atoms with van der Waals surface area (Å²) >= 11 is 0. The van der Waals surface area contributed by atoms with Gasteiger partial charge in [-0.2, -0.15) is 0 Å². The van der Waals surface area contributed by atoms with E-state index in [1.165, 1.54) is 65.7 Å². The molecule has 9 aromatic rings. The second-order valence-electron chi connectivity index (χ2n) is 12.6. The first-order valence-electron chi connectivity index (χ1n) is 16.8. The highest BCUT2D eigenvalue weighted by molar-refractivity contribution is 6.04. The first-order valence-corrected chi connectivity index (χ1v) is 16.8. The lowest BCUT2D eigenvalue weighted by molar-refractivity contribution is 1.30. The van der Waals surface area contributed by atoms with Crippen molar-refractivity contribution in [3.63, 3.8) is 0 Å². The number of benzene rings is 9. The summed E-state index contributed by atoms with van der Waals surface area (Å²) in [6.07, 6.45) is 0. The van der Waals surface area contributed by atoms with E-state index in [4.69, 9.17) is 0 Å². The Morgan fingerprint density at radius 3 is 1.63 bits per heavy atom. The van der Waals surface area contributed by atoms with Crippen molar-refractivity contribution in [3.05, 3.63) is 200 Å². The zero-order valence-electron chi connectivity index (χ0n) is 27.0. The van der Waals surface area contributed by atoms with Crippen LogP contribution in [0.3, 0.4) is 0 Å². The lowest BCUT2D eigenvalue weighted by Crippen LogP contribution is -2.11. The van der Waals surface area contributed by atoms with Gasteiger partial charge in [-0.3, -0.25) is 0 Å². The van der Waals surface area contributed by atoms with Crippen molar-refractivity contribution in [1.29, 1.82) is 0 Å². The van der Waals surface area contributed by atoms with Crippen LogP contribution in [0.1, 0.15) is 0 Å². The summed E-state index contributed by atoms with van der Waals surface area (Å²) in [6.45, 7) is 0. The normalized spacial score (nSPS) is 11.3. The highest BCUT2D eigenvalue weighted by Gasteiger charge is 2.19. The van der Waals surface area contributed by atoms with Crippen LogP contribution in [0.5, 0.6) is 0 Å². The minimum absolute atomic E-state index is 1.11. The molecule has 9 aromatic carbocycles. The standard InChI is InChI=1S/C48H33N/c1-3-13-34(14-4-1)41-30-42(35-15-5-2-6-16-35)33-44(32-41)49(48-24-12-20-37-18-9-10-22-47(37)48)43-27-28-46-39(31-43)21-11-23-45(46)40-26-25-36-17-7-8-19-38(36)29-40/h1-33H. The molecule has 0 atom stereocenters. The van der Waals surface area contributed by atoms with Gasteiger partial charge in [0.05, 0.1) is 5.69 Å². The molecule has 0 saturated heterocycles. The van der Waals surface area contributed by atoms with Crippen LogP contribution >= 0.6 is 0 Å². The van der Waals surface area contributed by atoms with Crippen molar-refractivity contribution in [1.82, 2.24) is 0 Å². The summed E-state index contributed by atoms with van der Waals surface area (Å²) in [7, 11) is 0. The van der Waals surface area contributed by atoms with E-state index < -0.39 is 0 Å². The van der Waals surface area contributed by atoms with E-state index in [2.05, 4.69) is 205 Å². The third kappa shape index (κ3) is 5.42. The monoisotopic (exact) mass is 623 g/mol. The molecule has 0 spiro atoms. The van der Waals surface area contributed by atoms with Crippen molar-refractivity contribution in [2.45, 2.75) is 0 Å². The molecule has 0 bridgehead atoms. The zero-order valence-corrected chi connectivity index (χ0v) is 27.0. The van der Waals surface area contributed by atoms with E-state index in [9.17, 15) is 0 Å². The van der Waals surface area contributed by atoms with Crippen LogP contribution in [0.25, 0.3) is 65.7 Å². The third-order valence-electron chi connectivity index (χ3n) is 9.58. The fourth-order valence-corrected chi connectivity index (χ4v) is 7.18. The van der Waals surface area contributed by atoms with Crippen LogP contribution < -0.4 is 4.90 Å². The number of fused-ring (bicyclic) bond motifs is 3. The minimum atomic E-state index is 1.11. The van der Waals surface area contributed by atoms with Crippen molar-refractivity contribution < 1.29 is 0 Å². The maximum atomic E-state index is 2.43. The molecule has 1 heteroatoms. The number of anilines is 3. The Kier molecular flexibility index (Phi) is 7.22. The molecule has 0 N–H and O–H groups in total. The average molecular weight is 624 g/mol. The van der Waals surface area contributed by atoms with Crippen molar-refractivity contribution >= 4 is 49.4 Å². The predicted molar refractivity (Wildman–Crippen MR) is 210 cm³/mol. The van der Waals surface area contributed by atoms with Crippen LogP contribution in [0.15, 0.2) is 200 Å². The summed E-state index contributed by atoms with van der Waals surface area (Å²) < 4.78 is 0. The Bertz CT molecular complexity index is 2540. The highest BCUT2D eigenvalue weighted by atomic mass is 15.1. The predicted octanol–water partition coefficient (Wildman–Crippen LogP) is 13.6. The van der Waals surface area contributed by atoms with Gasteiger partial charge in [-0.05, 0) is 103 Å². The molecule has 9 rings (SSSR count). The molecule has 0 aromatic heterocycles. The molecule has 0 amide bonds. The second-order valence-corrected chi connectivity index (χ2v) is 12.6. The van der Waals surface area contributed by atoms with Gasteiger partial charge in [-0.1, -0.05) is 158 Å². The quantitative estimate of drug-likeness (QED) is 0.178. The lowest BCUT2D eigenvalue weighted by Gasteiger charge is -2.28. The van der Waals surface area contributed by atoms with E-state index in [1.807, 2.05) is 0 Å². The molecule has 0 fully saturated rings. The molecular weight excluding hydrogens is 591 g/mol. The largest absolute Gasteiger partial charge is 0.310 e. The van der Waals surface area contributed by atoms with Crippen molar-refractivity contribution in [2.24, 2.45) is 0 Å². The van der Waals surface area contributed by atoms with Crippen LogP contribution in [-0.2, 0) is 0 Å². The summed E-state index contributed by atoms with van der Waals surface area (Å²) in [5, 5.41) is 7.38. The first-order chi connectivity index (χ1) is 24.3. The smallest absolute Gasteiger partial charge is 0.0540 e. The summed E-state index contributed by atoms with van der Waals surface area (Å²) in [4.78, 5) is 2.43. The van der Waals surface area contributed by atoms with Crippen molar-refractivity contribution in [2.75, 3.05) is 4.90 Å². The van der Waals surface area contributed by atoms with Crippen LogP contribution in [0, 0.1) is 0 Å². The number of hydrogen-bond donors (Lipinski definition) is 0. The molecule has 0 radical (unpaired) electrons. The molecule has 230 valence electrons. The number of nitrogens with zero attached hydrogens (tertiary/aromatic N) is 1. The molecule has 0 aliphatic heterocycles. The third-order valence-corrected chi connectivity index (χ3v) is 9.58. The van der Waals surface area contributed by atoms with Crippen molar-refractivity contribution in [3.8, 4) is 33.4 Å². The minimum Gasteiger partial charge on any atom is -0.310 e. The molecular formula is C48H33N. The average Bonchev–Trinajstić information content (AvgIpc) is 3.18. The Morgan fingerprint density at radius 2 is 0.878 bits per heavy atom. The van der Waals surface area contributed by atoms with Gasteiger partial charge in [0.2, 0.25) is 0 Å². The van der Waals surface area contributed by atoms with Gasteiger partial charge < -0.3 is 4.90 Å². The van der Waals surface area contributed by atoms with Gasteiger partial charge in [0.1, 0.15) is 0 Å². The summed E-state index contributed by atoms with van der Waals surface area (Å²) in [6, 6.07) is 72.6. The Morgan fingerprint density at radius 1 is 0.265 bits per heavy atom. The second kappa shape index (κ2) is 12.3. The van der Waals surface area contributed by atoms with E-state index in [0.29, 0.717) is 0 Å². The van der Waals surface area contributed by atoms with Gasteiger partial charge in [0.15, 0.2) is 0 Å². The SMILES string of the molecule is c1ccc(-c2cc(-c3ccccc3)cc(N(c3ccc4c(-c5ccc6ccccc6c5)cccc4c3)c3cccc4ccccc34)c2)cc1. The van der Waals surface area contributed by atoms with Gasteiger partial charge in [-0.25, -0.2) is 0 Å². The van der Waals surface area contributed by atoms with E-state index in [-0.39, 0.29) is 0 Å². The summed E-state index contributed by atoms with van der Waals surface area (Å²) in [5.74, 6) is 0. The Balaban J connectivity index is 1.27. The van der Waals surface area contributed by atoms with E-state index >= 15 is 0 Å². The maximum Gasteiger partial charge on any atom is 0.0540 e. The summed E-state index contributed by atoms with van der Waals surface area (Å²) in [5.41, 5.74) is 10.6. The molecule has 0 aliphatic rings. The topological polar surface area (TPSA) is 3.24 Å². The molecule has 0 aliphatic carbocycles. The molecule has 1 nitrogen and oxygen atoms in total. The lowest BCUT2D eigenvalue weighted by atomic mass is 9.95. The first kappa shape index (κ1) is 28.8.